The van der Waals surface area contributed by atoms with Crippen molar-refractivity contribution in [2.45, 2.75) is 71.1 Å². The number of hydrogen-bond acceptors (Lipinski definition) is 6. The van der Waals surface area contributed by atoms with Crippen molar-refractivity contribution in [2.75, 3.05) is 41.3 Å². The minimum atomic E-state index is -0.383. The highest BCUT2D eigenvalue weighted by atomic mass is 16.2. The van der Waals surface area contributed by atoms with Gasteiger partial charge >= 0.3 is 0 Å². The molecule has 0 spiro atoms. The van der Waals surface area contributed by atoms with Crippen LogP contribution in [0.25, 0.3) is 33.6 Å². The van der Waals surface area contributed by atoms with Gasteiger partial charge in [0.15, 0.2) is 0 Å². The number of nitrogens with zero attached hydrogens (tertiary/aromatic N) is 6. The van der Waals surface area contributed by atoms with Gasteiger partial charge in [0.05, 0.1) is 35.9 Å². The predicted octanol–water partition coefficient (Wildman–Crippen LogP) is 9.32. The van der Waals surface area contributed by atoms with Gasteiger partial charge in [-0.25, -0.2) is 9.97 Å². The van der Waals surface area contributed by atoms with E-state index >= 15 is 0 Å². The summed E-state index contributed by atoms with van der Waals surface area (Å²) in [5.74, 6) is 1.79. The lowest BCUT2D eigenvalue weighted by atomic mass is 9.93. The number of aryl methyl sites for hydroxylation is 2. The molecule has 0 aliphatic carbocycles. The molecule has 59 heavy (non-hydrogen) atoms. The number of carbonyl (C=O) groups is 2. The molecule has 4 aromatic carbocycles. The molecule has 4 atom stereocenters. The number of nitrogens with one attached hydrogen (secondary N) is 2. The van der Waals surface area contributed by atoms with E-state index in [0.717, 1.165) is 75.7 Å². The number of likely N-dealkylation sites (N-methyl/N-ethyl adjacent to an activating group) is 3. The molecule has 0 radical (unpaired) electrons. The number of hydrogen-bond donors (Lipinski definition) is 2. The highest BCUT2D eigenvalue weighted by Crippen LogP contribution is 2.37. The van der Waals surface area contributed by atoms with Gasteiger partial charge in [-0.1, -0.05) is 91.9 Å². The molecule has 1 fully saturated rings. The Labute approximate surface area is 349 Å². The largest absolute Gasteiger partial charge is 0.340 e. The fourth-order valence-corrected chi connectivity index (χ4v) is 8.89. The molecule has 0 saturated carbocycles. The number of aromatic nitrogens is 4. The highest BCUT2D eigenvalue weighted by molar-refractivity contribution is 5.85. The van der Waals surface area contributed by atoms with E-state index in [1.54, 1.807) is 0 Å². The van der Waals surface area contributed by atoms with E-state index in [-0.39, 0.29) is 36.0 Å². The summed E-state index contributed by atoms with van der Waals surface area (Å²) in [5, 5.41) is 0. The van der Waals surface area contributed by atoms with Crippen LogP contribution in [-0.2, 0) is 9.59 Å². The molecule has 10 heteroatoms. The summed E-state index contributed by atoms with van der Waals surface area (Å²) in [6.07, 6.45) is 6.34. The average molecular weight is 791 g/mol. The van der Waals surface area contributed by atoms with E-state index < -0.39 is 0 Å². The third kappa shape index (κ3) is 8.51. The van der Waals surface area contributed by atoms with Crippen LogP contribution in [0.15, 0.2) is 109 Å². The first-order valence-electron chi connectivity index (χ1n) is 20.9. The number of imidazole rings is 2. The Morgan fingerprint density at radius 2 is 1.27 bits per heavy atom. The molecule has 2 aromatic heterocycles. The van der Waals surface area contributed by atoms with Gasteiger partial charge in [0.2, 0.25) is 11.8 Å². The summed E-state index contributed by atoms with van der Waals surface area (Å²) in [4.78, 5) is 52.8. The zero-order chi connectivity index (χ0) is 41.8. The lowest BCUT2D eigenvalue weighted by molar-refractivity contribution is -0.139. The summed E-state index contributed by atoms with van der Waals surface area (Å²) in [7, 11) is 7.83. The maximum atomic E-state index is 14.1. The number of H-pyrrole nitrogens is 2. The van der Waals surface area contributed by atoms with Crippen LogP contribution in [0.5, 0.6) is 0 Å². The fourth-order valence-electron chi connectivity index (χ4n) is 8.89. The average Bonchev–Trinajstić information content (AvgIpc) is 4.03. The summed E-state index contributed by atoms with van der Waals surface area (Å²) < 4.78 is 0. The minimum Gasteiger partial charge on any atom is -0.340 e. The van der Waals surface area contributed by atoms with Gasteiger partial charge in [-0.2, -0.15) is 0 Å². The number of rotatable bonds is 14. The first kappa shape index (κ1) is 41.3. The first-order chi connectivity index (χ1) is 28.5. The van der Waals surface area contributed by atoms with Gasteiger partial charge in [0.25, 0.3) is 0 Å². The Morgan fingerprint density at radius 1 is 0.729 bits per heavy atom. The maximum absolute atomic E-state index is 14.1. The van der Waals surface area contributed by atoms with Crippen molar-refractivity contribution >= 4 is 11.8 Å². The second-order valence-electron chi connectivity index (χ2n) is 16.2. The van der Waals surface area contributed by atoms with Crippen LogP contribution in [-0.4, -0.2) is 92.6 Å². The van der Waals surface area contributed by atoms with Gasteiger partial charge in [-0.15, -0.1) is 0 Å². The molecule has 2 amide bonds. The molecule has 3 heterocycles. The summed E-state index contributed by atoms with van der Waals surface area (Å²) in [6, 6.07) is 32.0. The van der Waals surface area contributed by atoms with E-state index in [9.17, 15) is 9.59 Å². The number of aromatic amines is 2. The Hall–Kier alpha value is -5.84. The van der Waals surface area contributed by atoms with Gasteiger partial charge in [-0.05, 0) is 125 Å². The summed E-state index contributed by atoms with van der Waals surface area (Å²) >= 11 is 0. The Morgan fingerprint density at radius 3 is 1.80 bits per heavy atom. The van der Waals surface area contributed by atoms with Crippen molar-refractivity contribution < 1.29 is 9.59 Å². The number of amides is 2. The van der Waals surface area contributed by atoms with Crippen molar-refractivity contribution in [3.05, 3.63) is 143 Å². The molecule has 0 unspecified atom stereocenters. The molecule has 6 aromatic rings. The summed E-state index contributed by atoms with van der Waals surface area (Å²) in [5.41, 5.74) is 10.6. The van der Waals surface area contributed by atoms with Crippen LogP contribution in [0.3, 0.4) is 0 Å². The van der Waals surface area contributed by atoms with Gasteiger partial charge in [-0.3, -0.25) is 19.4 Å². The van der Waals surface area contributed by atoms with Crippen LogP contribution >= 0.6 is 0 Å². The van der Waals surface area contributed by atoms with E-state index in [4.69, 9.17) is 9.97 Å². The maximum Gasteiger partial charge on any atom is 0.245 e. The molecule has 2 N–H and O–H groups in total. The molecule has 0 bridgehead atoms. The van der Waals surface area contributed by atoms with Crippen LogP contribution in [0.1, 0.15) is 91.2 Å². The van der Waals surface area contributed by atoms with E-state index in [1.165, 1.54) is 11.1 Å². The molecule has 10 nitrogen and oxygen atoms in total. The fraction of sp³-hybridized carbons (Fsp3) is 0.347. The molecule has 1 aliphatic rings. The molecule has 1 aliphatic heterocycles. The number of carbonyl (C=O) groups excluding carboxylic acids is 2. The Kier molecular flexibility index (Phi) is 12.6. The molecular formula is C49H58N8O2. The SMILES string of the molecule is CC[C@@H](c1ncc(-c2ccc(-c3ccc(-c4cnc([C@@H]5CCCN5C(=O)[C@@H](c5ccccc5)N(C)C)[nH]4)cc3C)c(C)c2)[nH]1)N(CC)C(=O)[C@@H](c1ccccc1)N(C)C. The van der Waals surface area contributed by atoms with E-state index in [0.29, 0.717) is 13.1 Å². The molecule has 1 saturated heterocycles. The quantitative estimate of drug-likeness (QED) is 0.114. The highest BCUT2D eigenvalue weighted by Gasteiger charge is 2.37. The van der Waals surface area contributed by atoms with Gasteiger partial charge < -0.3 is 19.8 Å². The van der Waals surface area contributed by atoms with Gasteiger partial charge in [0, 0.05) is 13.1 Å². The van der Waals surface area contributed by atoms with Crippen LogP contribution in [0.2, 0.25) is 0 Å². The lowest BCUT2D eigenvalue weighted by Gasteiger charge is -2.34. The minimum absolute atomic E-state index is 0.0628. The lowest BCUT2D eigenvalue weighted by Crippen LogP contribution is -2.42. The third-order valence-electron chi connectivity index (χ3n) is 11.8. The monoisotopic (exact) mass is 790 g/mol. The van der Waals surface area contributed by atoms with Gasteiger partial charge in [0.1, 0.15) is 23.7 Å². The van der Waals surface area contributed by atoms with Crippen molar-refractivity contribution in [1.82, 2.24) is 39.5 Å². The first-order valence-corrected chi connectivity index (χ1v) is 20.9. The zero-order valence-electron chi connectivity index (χ0n) is 35.7. The standard InChI is InChI=1S/C49H58N8O2/c1-9-42(56(10-2)48(58)44(54(5)6)34-18-13-11-14-19-34)46-50-30-40(52-46)36-23-25-38(32(3)28-36)39-26-24-37(29-33(39)4)41-31-51-47(53-41)43-22-17-27-57(43)49(59)45(55(7)8)35-20-15-12-16-21-35/h11-16,18-21,23-26,28-31,42-45H,9-10,17,22,27H2,1-8H3,(H,50,52)(H,51,53)/t42-,43-,44+,45+/m0/s1. The second kappa shape index (κ2) is 18.0. The smallest absolute Gasteiger partial charge is 0.245 e. The normalized spacial score (nSPS) is 15.8. The van der Waals surface area contributed by atoms with E-state index in [2.05, 4.69) is 67.1 Å². The topological polar surface area (TPSA) is 104 Å². The molecule has 7 rings (SSSR count). The predicted molar refractivity (Wildman–Crippen MR) is 236 cm³/mol. The van der Waals surface area contributed by atoms with Crippen LogP contribution in [0, 0.1) is 13.8 Å². The number of benzene rings is 4. The van der Waals surface area contributed by atoms with Crippen molar-refractivity contribution in [3.63, 3.8) is 0 Å². The van der Waals surface area contributed by atoms with E-state index in [1.807, 2.05) is 128 Å². The van der Waals surface area contributed by atoms with Crippen molar-refractivity contribution in [3.8, 4) is 33.6 Å². The van der Waals surface area contributed by atoms with Crippen LogP contribution in [0.4, 0.5) is 0 Å². The van der Waals surface area contributed by atoms with Crippen molar-refractivity contribution in [1.29, 1.82) is 0 Å². The molecule has 306 valence electrons. The Bertz CT molecular complexity index is 2370. The zero-order valence-corrected chi connectivity index (χ0v) is 35.7. The third-order valence-corrected chi connectivity index (χ3v) is 11.8. The molecular weight excluding hydrogens is 733 g/mol. The Balaban J connectivity index is 1.07. The second-order valence-corrected chi connectivity index (χ2v) is 16.2. The number of likely N-dealkylation sites (tertiary alicyclic amines) is 1. The van der Waals surface area contributed by atoms with Crippen LogP contribution < -0.4 is 0 Å². The van der Waals surface area contributed by atoms with Crippen molar-refractivity contribution in [2.24, 2.45) is 0 Å². The summed E-state index contributed by atoms with van der Waals surface area (Å²) in [6.45, 7) is 9.73.